The van der Waals surface area contributed by atoms with E-state index in [0.29, 0.717) is 23.9 Å². The molecule has 21 heavy (non-hydrogen) atoms. The Labute approximate surface area is 127 Å². The summed E-state index contributed by atoms with van der Waals surface area (Å²) in [6.07, 6.45) is 1.64. The number of hydrogen-bond acceptors (Lipinski definition) is 4. The summed E-state index contributed by atoms with van der Waals surface area (Å²) in [5, 5.41) is 9.14. The molecule has 0 bridgehead atoms. The van der Waals surface area contributed by atoms with E-state index in [9.17, 15) is 4.79 Å². The molecule has 6 nitrogen and oxygen atoms in total. The lowest BCUT2D eigenvalue weighted by Gasteiger charge is -2.39. The molecular weight excluding hydrogens is 292 g/mol. The third-order valence-electron chi connectivity index (χ3n) is 3.41. The minimum Gasteiger partial charge on any atom is -0.444 e. The predicted molar refractivity (Wildman–Crippen MR) is 79.4 cm³/mol. The van der Waals surface area contributed by atoms with Crippen LogP contribution in [0.5, 0.6) is 0 Å². The van der Waals surface area contributed by atoms with Gasteiger partial charge in [-0.15, -0.1) is 10.2 Å². The molecule has 7 heteroatoms. The quantitative estimate of drug-likeness (QED) is 0.879. The third kappa shape index (κ3) is 2.81. The van der Waals surface area contributed by atoms with Gasteiger partial charge in [0.15, 0.2) is 10.8 Å². The van der Waals surface area contributed by atoms with Crippen molar-refractivity contribution in [1.82, 2.24) is 20.1 Å². The fraction of sp³-hybridized carbons (Fsp3) is 0.500. The maximum absolute atomic E-state index is 11.9. The van der Waals surface area contributed by atoms with Crippen LogP contribution < -0.4 is 0 Å². The van der Waals surface area contributed by atoms with E-state index in [1.54, 1.807) is 11.0 Å². The number of H-pyrrole nitrogens is 1. The molecule has 1 amide bonds. The standard InChI is InChI=1S/C14H17ClN4O2/c1-14(2,3)21-13(20)19-6-8(7-19)10-5-16-12-9(10)4-11(15)17-18-12/h4-5,8H,6-7H2,1-3H3,(H,16,18). The van der Waals surface area contributed by atoms with Gasteiger partial charge in [0.05, 0.1) is 0 Å². The van der Waals surface area contributed by atoms with Gasteiger partial charge in [-0.3, -0.25) is 0 Å². The average molecular weight is 309 g/mol. The van der Waals surface area contributed by atoms with Gasteiger partial charge in [0.2, 0.25) is 0 Å². The van der Waals surface area contributed by atoms with Crippen LogP contribution in [0, 0.1) is 0 Å². The second-order valence-electron chi connectivity index (χ2n) is 6.26. The van der Waals surface area contributed by atoms with Crippen LogP contribution in [0.15, 0.2) is 12.3 Å². The summed E-state index contributed by atoms with van der Waals surface area (Å²) in [6.45, 7) is 6.87. The minimum atomic E-state index is -0.466. The lowest BCUT2D eigenvalue weighted by Crippen LogP contribution is -2.50. The zero-order valence-electron chi connectivity index (χ0n) is 12.2. The van der Waals surface area contributed by atoms with Gasteiger partial charge >= 0.3 is 6.09 Å². The Balaban J connectivity index is 1.70. The van der Waals surface area contributed by atoms with E-state index in [0.717, 1.165) is 10.9 Å². The molecule has 0 spiro atoms. The zero-order valence-corrected chi connectivity index (χ0v) is 12.9. The maximum atomic E-state index is 11.9. The monoisotopic (exact) mass is 308 g/mol. The number of nitrogens with zero attached hydrogens (tertiary/aromatic N) is 3. The molecule has 0 aromatic carbocycles. The van der Waals surface area contributed by atoms with Gasteiger partial charge in [0, 0.05) is 30.6 Å². The van der Waals surface area contributed by atoms with E-state index < -0.39 is 5.60 Å². The van der Waals surface area contributed by atoms with Gasteiger partial charge in [-0.2, -0.15) is 0 Å². The Hall–Kier alpha value is -1.82. The van der Waals surface area contributed by atoms with Crippen LogP contribution in [0.1, 0.15) is 32.3 Å². The predicted octanol–water partition coefficient (Wildman–Crippen LogP) is 2.95. The number of rotatable bonds is 1. The van der Waals surface area contributed by atoms with Crippen molar-refractivity contribution in [3.8, 4) is 0 Å². The molecule has 0 aliphatic carbocycles. The lowest BCUT2D eigenvalue weighted by atomic mass is 9.92. The number of ether oxygens (including phenoxy) is 1. The van der Waals surface area contributed by atoms with Crippen molar-refractivity contribution >= 4 is 28.7 Å². The Morgan fingerprint density at radius 3 is 2.81 bits per heavy atom. The molecule has 0 unspecified atom stereocenters. The van der Waals surface area contributed by atoms with E-state index in [2.05, 4.69) is 15.2 Å². The maximum Gasteiger partial charge on any atom is 0.410 e. The summed E-state index contributed by atoms with van der Waals surface area (Å²) in [4.78, 5) is 16.7. The Morgan fingerprint density at radius 1 is 1.43 bits per heavy atom. The number of fused-ring (bicyclic) bond motifs is 1. The normalized spacial score (nSPS) is 16.1. The minimum absolute atomic E-state index is 0.267. The zero-order chi connectivity index (χ0) is 15.2. The van der Waals surface area contributed by atoms with Crippen molar-refractivity contribution in [2.75, 3.05) is 13.1 Å². The summed E-state index contributed by atoms with van der Waals surface area (Å²) >= 11 is 5.89. The van der Waals surface area contributed by atoms with Gasteiger partial charge in [-0.25, -0.2) is 4.79 Å². The van der Waals surface area contributed by atoms with Crippen LogP contribution in [-0.2, 0) is 4.74 Å². The molecule has 1 saturated heterocycles. The Kier molecular flexibility index (Phi) is 3.28. The fourth-order valence-electron chi connectivity index (χ4n) is 2.41. The molecule has 0 saturated carbocycles. The number of aromatic nitrogens is 3. The molecule has 1 N–H and O–H groups in total. The molecule has 3 rings (SSSR count). The number of likely N-dealkylation sites (tertiary alicyclic amines) is 1. The first-order chi connectivity index (χ1) is 9.83. The largest absolute Gasteiger partial charge is 0.444 e. The number of hydrogen-bond donors (Lipinski definition) is 1. The first-order valence-corrected chi connectivity index (χ1v) is 7.19. The van der Waals surface area contributed by atoms with Crippen LogP contribution in [0.25, 0.3) is 11.0 Å². The number of halogens is 1. The van der Waals surface area contributed by atoms with E-state index >= 15 is 0 Å². The highest BCUT2D eigenvalue weighted by molar-refractivity contribution is 6.29. The molecule has 2 aromatic rings. The Morgan fingerprint density at radius 2 is 2.14 bits per heavy atom. The summed E-state index contributed by atoms with van der Waals surface area (Å²) in [5.41, 5.74) is 1.36. The molecule has 112 valence electrons. The molecule has 0 atom stereocenters. The smallest absolute Gasteiger partial charge is 0.410 e. The van der Waals surface area contributed by atoms with E-state index in [1.165, 1.54) is 0 Å². The van der Waals surface area contributed by atoms with E-state index in [4.69, 9.17) is 16.3 Å². The number of nitrogens with one attached hydrogen (secondary N) is 1. The van der Waals surface area contributed by atoms with Gasteiger partial charge in [0.25, 0.3) is 0 Å². The van der Waals surface area contributed by atoms with Gasteiger partial charge in [-0.05, 0) is 32.4 Å². The number of aromatic amines is 1. The third-order valence-corrected chi connectivity index (χ3v) is 3.60. The Bertz CT molecular complexity index is 686. The van der Waals surface area contributed by atoms with Gasteiger partial charge in [-0.1, -0.05) is 11.6 Å². The molecule has 1 aliphatic heterocycles. The van der Waals surface area contributed by atoms with Crippen molar-refractivity contribution in [1.29, 1.82) is 0 Å². The first-order valence-electron chi connectivity index (χ1n) is 6.81. The average Bonchev–Trinajstić information content (AvgIpc) is 2.68. The van der Waals surface area contributed by atoms with Crippen molar-refractivity contribution in [3.05, 3.63) is 23.0 Å². The fourth-order valence-corrected chi connectivity index (χ4v) is 2.55. The van der Waals surface area contributed by atoms with Crippen molar-refractivity contribution in [3.63, 3.8) is 0 Å². The number of carbonyl (C=O) groups excluding carboxylic acids is 1. The second kappa shape index (κ2) is 4.87. The molecule has 2 aromatic heterocycles. The summed E-state index contributed by atoms with van der Waals surface area (Å²) in [7, 11) is 0. The van der Waals surface area contributed by atoms with Gasteiger partial charge in [0.1, 0.15) is 5.60 Å². The SMILES string of the molecule is CC(C)(C)OC(=O)N1CC(c2c[nH]c3nnc(Cl)cc23)C1. The van der Waals surface area contributed by atoms with Crippen LogP contribution >= 0.6 is 11.6 Å². The van der Waals surface area contributed by atoms with Crippen molar-refractivity contribution < 1.29 is 9.53 Å². The van der Waals surface area contributed by atoms with Crippen molar-refractivity contribution in [2.24, 2.45) is 0 Å². The van der Waals surface area contributed by atoms with Crippen LogP contribution in [0.2, 0.25) is 5.15 Å². The molecular formula is C14H17ClN4O2. The van der Waals surface area contributed by atoms with Gasteiger partial charge < -0.3 is 14.6 Å². The second-order valence-corrected chi connectivity index (χ2v) is 6.64. The summed E-state index contributed by atoms with van der Waals surface area (Å²) in [5.74, 6) is 0.270. The number of carbonyl (C=O) groups is 1. The highest BCUT2D eigenvalue weighted by atomic mass is 35.5. The van der Waals surface area contributed by atoms with E-state index in [-0.39, 0.29) is 12.0 Å². The topological polar surface area (TPSA) is 71.1 Å². The molecule has 1 aliphatic rings. The van der Waals surface area contributed by atoms with Crippen LogP contribution in [0.3, 0.4) is 0 Å². The van der Waals surface area contributed by atoms with E-state index in [1.807, 2.05) is 27.0 Å². The molecule has 3 heterocycles. The van der Waals surface area contributed by atoms with Crippen LogP contribution in [0.4, 0.5) is 4.79 Å². The van der Waals surface area contributed by atoms with Crippen LogP contribution in [-0.4, -0.2) is 44.9 Å². The molecule has 1 fully saturated rings. The highest BCUT2D eigenvalue weighted by Crippen LogP contribution is 2.33. The summed E-state index contributed by atoms with van der Waals surface area (Å²) < 4.78 is 5.35. The molecule has 0 radical (unpaired) electrons. The summed E-state index contributed by atoms with van der Waals surface area (Å²) in [6, 6.07) is 1.80. The van der Waals surface area contributed by atoms with Crippen molar-refractivity contribution in [2.45, 2.75) is 32.3 Å². The first kappa shape index (κ1) is 14.1. The lowest BCUT2D eigenvalue weighted by molar-refractivity contribution is 0.00830. The number of amides is 1. The highest BCUT2D eigenvalue weighted by Gasteiger charge is 2.35.